The van der Waals surface area contributed by atoms with E-state index in [2.05, 4.69) is 10.6 Å². The molecule has 2 rings (SSSR count). The van der Waals surface area contributed by atoms with Crippen molar-refractivity contribution in [1.29, 1.82) is 0 Å². The third-order valence-corrected chi connectivity index (χ3v) is 3.95. The number of halogens is 5. The van der Waals surface area contributed by atoms with Crippen LogP contribution in [0.25, 0.3) is 0 Å². The first-order valence-electron chi connectivity index (χ1n) is 8.72. The van der Waals surface area contributed by atoms with Crippen molar-refractivity contribution in [3.05, 3.63) is 82.7 Å². The van der Waals surface area contributed by atoms with E-state index >= 15 is 0 Å². The van der Waals surface area contributed by atoms with E-state index in [-0.39, 0.29) is 11.3 Å². The molecule has 0 heterocycles. The number of nitrogens with one attached hydrogen (secondary N) is 2. The van der Waals surface area contributed by atoms with Gasteiger partial charge in [0.25, 0.3) is 5.91 Å². The van der Waals surface area contributed by atoms with Crippen molar-refractivity contribution in [3.63, 3.8) is 0 Å². The van der Waals surface area contributed by atoms with E-state index in [1.165, 1.54) is 25.3 Å². The van der Waals surface area contributed by atoms with Crippen molar-refractivity contribution < 1.29 is 36.3 Å². The summed E-state index contributed by atoms with van der Waals surface area (Å²) in [5.74, 6) is -4.68. The van der Waals surface area contributed by atoms with Gasteiger partial charge in [0.05, 0.1) is 11.1 Å². The van der Waals surface area contributed by atoms with Crippen LogP contribution in [0, 0.1) is 18.6 Å². The molecule has 0 radical (unpaired) electrons. The van der Waals surface area contributed by atoms with Crippen LogP contribution in [0.2, 0.25) is 0 Å². The fraction of sp³-hybridized carbons (Fsp3) is 0.143. The molecule has 0 atom stereocenters. The van der Waals surface area contributed by atoms with Crippen LogP contribution in [0.1, 0.15) is 21.5 Å². The Hall–Kier alpha value is -3.69. The van der Waals surface area contributed by atoms with E-state index in [0.29, 0.717) is 18.4 Å². The molecule has 0 spiro atoms. The molecule has 0 aromatic heterocycles. The van der Waals surface area contributed by atoms with Gasteiger partial charge in [-0.1, -0.05) is 6.07 Å². The Kier molecular flexibility index (Phi) is 7.51. The Morgan fingerprint density at radius 2 is 1.74 bits per heavy atom. The first-order valence-corrected chi connectivity index (χ1v) is 8.72. The van der Waals surface area contributed by atoms with E-state index in [9.17, 15) is 31.5 Å². The zero-order chi connectivity index (χ0) is 23.2. The van der Waals surface area contributed by atoms with Gasteiger partial charge in [0.15, 0.2) is 11.6 Å². The number of hydrogen-bond acceptors (Lipinski definition) is 4. The summed E-state index contributed by atoms with van der Waals surface area (Å²) in [5.41, 5.74) is -1.81. The minimum absolute atomic E-state index is 0.00445. The maximum Gasteiger partial charge on any atom is 0.416 e. The smallest absolute Gasteiger partial charge is 0.416 e. The Morgan fingerprint density at radius 3 is 2.35 bits per heavy atom. The fourth-order valence-corrected chi connectivity index (χ4v) is 2.38. The van der Waals surface area contributed by atoms with Crippen LogP contribution in [-0.2, 0) is 11.0 Å². The van der Waals surface area contributed by atoms with Gasteiger partial charge in [0.2, 0.25) is 5.82 Å². The molecule has 31 heavy (non-hydrogen) atoms. The van der Waals surface area contributed by atoms with E-state index < -0.39 is 46.3 Å². The Labute approximate surface area is 174 Å². The average molecular weight is 440 g/mol. The standard InChI is InChI=1S/C21H17F5N2O3/c1-12-3-5-17(19(23)18(12)22)31-16-6-4-13(21(24,25)26)11-15(16)20(30)28-14(8-10-29)7-9-27-2/h3-11,27H,1-2H3,(H,28,30)/b9-7-,14-8+. The molecule has 0 bridgehead atoms. The summed E-state index contributed by atoms with van der Waals surface area (Å²) in [7, 11) is 1.55. The van der Waals surface area contributed by atoms with Crippen molar-refractivity contribution in [3.8, 4) is 11.5 Å². The quantitative estimate of drug-likeness (QED) is 0.285. The predicted molar refractivity (Wildman–Crippen MR) is 102 cm³/mol. The molecule has 2 aromatic rings. The summed E-state index contributed by atoms with van der Waals surface area (Å²) in [6.07, 6.45) is -0.792. The Balaban J connectivity index is 2.51. The number of carbonyl (C=O) groups is 2. The van der Waals surface area contributed by atoms with Gasteiger partial charge in [-0.2, -0.15) is 17.6 Å². The number of aryl methyl sites for hydroxylation is 1. The minimum Gasteiger partial charge on any atom is -0.453 e. The Bertz CT molecular complexity index is 1050. The molecule has 0 aliphatic heterocycles. The highest BCUT2D eigenvalue weighted by Gasteiger charge is 2.32. The monoisotopic (exact) mass is 440 g/mol. The lowest BCUT2D eigenvalue weighted by atomic mass is 10.1. The SMILES string of the molecule is CN/C=C\C(=C/C=O)NC(=O)c1cc(C(F)(F)F)ccc1Oc1ccc(C)c(F)c1F. The van der Waals surface area contributed by atoms with Crippen LogP contribution in [0.5, 0.6) is 11.5 Å². The van der Waals surface area contributed by atoms with Gasteiger partial charge in [-0.3, -0.25) is 9.59 Å². The van der Waals surface area contributed by atoms with Crippen LogP contribution in [0.3, 0.4) is 0 Å². The van der Waals surface area contributed by atoms with Crippen LogP contribution in [0.15, 0.2) is 54.4 Å². The van der Waals surface area contributed by atoms with Gasteiger partial charge in [0.1, 0.15) is 12.0 Å². The molecule has 0 fully saturated rings. The lowest BCUT2D eigenvalue weighted by molar-refractivity contribution is -0.137. The number of carbonyl (C=O) groups excluding carboxylic acids is 2. The van der Waals surface area contributed by atoms with Crippen molar-refractivity contribution in [1.82, 2.24) is 10.6 Å². The Morgan fingerprint density at radius 1 is 1.06 bits per heavy atom. The molecular formula is C21H17F5N2O3. The summed E-state index contributed by atoms with van der Waals surface area (Å²) in [6, 6.07) is 4.26. The summed E-state index contributed by atoms with van der Waals surface area (Å²) in [4.78, 5) is 23.4. The van der Waals surface area contributed by atoms with Gasteiger partial charge in [-0.15, -0.1) is 0 Å². The summed E-state index contributed by atoms with van der Waals surface area (Å²) in [6.45, 7) is 1.32. The van der Waals surface area contributed by atoms with Gasteiger partial charge >= 0.3 is 6.18 Å². The molecule has 5 nitrogen and oxygen atoms in total. The zero-order valence-corrected chi connectivity index (χ0v) is 16.3. The van der Waals surface area contributed by atoms with Crippen LogP contribution >= 0.6 is 0 Å². The largest absolute Gasteiger partial charge is 0.453 e. The molecule has 164 valence electrons. The van der Waals surface area contributed by atoms with Crippen molar-refractivity contribution in [2.24, 2.45) is 0 Å². The van der Waals surface area contributed by atoms with Gasteiger partial charge in [-0.05, 0) is 49.0 Å². The van der Waals surface area contributed by atoms with Crippen molar-refractivity contribution in [2.45, 2.75) is 13.1 Å². The van der Waals surface area contributed by atoms with Crippen LogP contribution < -0.4 is 15.4 Å². The zero-order valence-electron chi connectivity index (χ0n) is 16.3. The van der Waals surface area contributed by atoms with Gasteiger partial charge in [-0.25, -0.2) is 4.39 Å². The van der Waals surface area contributed by atoms with E-state index in [4.69, 9.17) is 4.74 Å². The third-order valence-electron chi connectivity index (χ3n) is 3.95. The first kappa shape index (κ1) is 23.6. The van der Waals surface area contributed by atoms with Crippen LogP contribution in [0.4, 0.5) is 22.0 Å². The topological polar surface area (TPSA) is 67.4 Å². The van der Waals surface area contributed by atoms with Crippen molar-refractivity contribution in [2.75, 3.05) is 7.05 Å². The molecule has 0 aliphatic carbocycles. The highest BCUT2D eigenvalue weighted by atomic mass is 19.4. The third kappa shape index (κ3) is 5.91. The lowest BCUT2D eigenvalue weighted by Crippen LogP contribution is -2.23. The molecule has 1 amide bonds. The molecule has 10 heteroatoms. The molecule has 2 aromatic carbocycles. The number of benzene rings is 2. The highest BCUT2D eigenvalue weighted by Crippen LogP contribution is 2.35. The molecule has 0 unspecified atom stereocenters. The number of allylic oxidation sites excluding steroid dienone is 2. The minimum atomic E-state index is -4.78. The number of alkyl halides is 3. The number of hydrogen-bond donors (Lipinski definition) is 2. The van der Waals surface area contributed by atoms with Crippen molar-refractivity contribution >= 4 is 12.2 Å². The number of aldehydes is 1. The maximum absolute atomic E-state index is 14.2. The van der Waals surface area contributed by atoms with E-state index in [1.54, 1.807) is 7.05 Å². The summed E-state index contributed by atoms with van der Waals surface area (Å²) >= 11 is 0. The normalized spacial score (nSPS) is 12.0. The number of ether oxygens (including phenoxy) is 1. The molecule has 0 aliphatic rings. The molecule has 2 N–H and O–H groups in total. The van der Waals surface area contributed by atoms with Crippen LogP contribution in [-0.4, -0.2) is 19.2 Å². The lowest BCUT2D eigenvalue weighted by Gasteiger charge is -2.15. The maximum atomic E-state index is 14.2. The van der Waals surface area contributed by atoms with E-state index in [0.717, 1.165) is 18.2 Å². The summed E-state index contributed by atoms with van der Waals surface area (Å²) in [5, 5.41) is 4.88. The second kappa shape index (κ2) is 9.88. The fourth-order valence-electron chi connectivity index (χ4n) is 2.38. The first-order chi connectivity index (χ1) is 14.6. The molecular weight excluding hydrogens is 423 g/mol. The molecule has 0 saturated heterocycles. The predicted octanol–water partition coefficient (Wildman–Crippen LogP) is 4.63. The number of rotatable bonds is 7. The second-order valence-electron chi connectivity index (χ2n) is 6.15. The van der Waals surface area contributed by atoms with Gasteiger partial charge < -0.3 is 15.4 Å². The second-order valence-corrected chi connectivity index (χ2v) is 6.15. The van der Waals surface area contributed by atoms with Gasteiger partial charge in [0, 0.05) is 18.8 Å². The van der Waals surface area contributed by atoms with E-state index in [1.807, 2.05) is 0 Å². The molecule has 0 saturated carbocycles. The highest BCUT2D eigenvalue weighted by molar-refractivity contribution is 5.98. The number of amides is 1. The summed E-state index contributed by atoms with van der Waals surface area (Å²) < 4.78 is 72.6. The average Bonchev–Trinajstić information content (AvgIpc) is 2.72.